The molecule has 1 aromatic rings. The molecule has 1 aromatic heterocycles. The van der Waals surface area contributed by atoms with Crippen LogP contribution in [0.25, 0.3) is 0 Å². The van der Waals surface area contributed by atoms with Gasteiger partial charge in [0.15, 0.2) is 11.7 Å². The van der Waals surface area contributed by atoms with Gasteiger partial charge in [-0.05, 0) is 84.7 Å². The summed E-state index contributed by atoms with van der Waals surface area (Å²) < 4.78 is 2.16. The summed E-state index contributed by atoms with van der Waals surface area (Å²) in [6.07, 6.45) is 7.82. The van der Waals surface area contributed by atoms with Gasteiger partial charge in [0, 0.05) is 53.7 Å². The Labute approximate surface area is 299 Å². The predicted molar refractivity (Wildman–Crippen MR) is 196 cm³/mol. The molecule has 2 heterocycles. The van der Waals surface area contributed by atoms with E-state index in [-0.39, 0.29) is 65.6 Å². The molecule has 10 nitrogen and oxygen atoms in total. The molecule has 5 aliphatic rings. The van der Waals surface area contributed by atoms with Crippen molar-refractivity contribution in [3.63, 3.8) is 0 Å². The highest BCUT2D eigenvalue weighted by Crippen LogP contribution is 2.71. The van der Waals surface area contributed by atoms with E-state index in [4.69, 9.17) is 11.5 Å². The lowest BCUT2D eigenvalue weighted by Crippen LogP contribution is -2.65. The number of guanidine groups is 1. The number of aliphatic hydroxyl groups is 4. The van der Waals surface area contributed by atoms with Gasteiger partial charge < -0.3 is 36.5 Å². The normalized spacial score (nSPS) is 45.7. The summed E-state index contributed by atoms with van der Waals surface area (Å²) in [5.41, 5.74) is 10.6. The number of aromatic nitrogens is 2. The summed E-state index contributed by atoms with van der Waals surface area (Å²) in [6, 6.07) is 0.174. The van der Waals surface area contributed by atoms with Crippen molar-refractivity contribution in [2.45, 2.75) is 103 Å². The highest BCUT2D eigenvalue weighted by Gasteiger charge is 2.72. The average molecular weight is 716 g/mol. The van der Waals surface area contributed by atoms with E-state index in [2.05, 4.69) is 48.8 Å². The molecule has 272 valence electrons. The highest BCUT2D eigenvalue weighted by molar-refractivity contribution is 8.76. The van der Waals surface area contributed by atoms with Gasteiger partial charge in [-0.1, -0.05) is 68.4 Å². The number of nitrogens with zero attached hydrogens (tertiary/aromatic N) is 3. The Morgan fingerprint density at radius 3 is 2.45 bits per heavy atom. The van der Waals surface area contributed by atoms with Crippen LogP contribution in [0.5, 0.6) is 0 Å². The molecule has 6 rings (SSSR count). The number of aliphatic imine (C=N–C) groups is 1. The van der Waals surface area contributed by atoms with E-state index in [1.165, 1.54) is 0 Å². The van der Waals surface area contributed by atoms with E-state index in [1.807, 2.05) is 36.4 Å². The number of aliphatic hydroxyl groups excluding tert-OH is 3. The second-order valence-corrected chi connectivity index (χ2v) is 19.7. The van der Waals surface area contributed by atoms with Gasteiger partial charge in [-0.15, -0.1) is 0 Å². The maximum absolute atomic E-state index is 14.1. The smallest absolute Gasteiger partial charge is 0.185 e. The van der Waals surface area contributed by atoms with Crippen LogP contribution >= 0.6 is 21.6 Å². The molecule has 0 amide bonds. The SMILES string of the molecule is C=C1C[C@@H](O)[C@@H](C)[C@H]2C[C@H](CSSC[C@@H](n3ccnc3)CC1(C)C)[C@@]1(O)C3=CC(=O)[C@@H]4C[C@@H](O)[C@@H](O)C[C@]4(C)[C@H]3[C@@H](CN=C(N)N)C[C@]21C. The third-order valence-corrected chi connectivity index (χ3v) is 16.5. The van der Waals surface area contributed by atoms with Gasteiger partial charge in [-0.3, -0.25) is 9.79 Å². The van der Waals surface area contributed by atoms with Crippen molar-refractivity contribution in [1.29, 1.82) is 0 Å². The molecule has 2 bridgehead atoms. The monoisotopic (exact) mass is 715 g/mol. The number of hydrogen-bond donors (Lipinski definition) is 6. The van der Waals surface area contributed by atoms with Crippen LogP contribution in [0.15, 0.2) is 47.5 Å². The average Bonchev–Trinajstić information content (AvgIpc) is 3.63. The first-order valence-electron chi connectivity index (χ1n) is 17.9. The van der Waals surface area contributed by atoms with Gasteiger partial charge in [0.25, 0.3) is 0 Å². The number of fused-ring (bicyclic) bond motifs is 9. The fourth-order valence-corrected chi connectivity index (χ4v) is 13.8. The summed E-state index contributed by atoms with van der Waals surface area (Å²) in [6.45, 7) is 15.6. The second-order valence-electron chi connectivity index (χ2n) is 17.1. The van der Waals surface area contributed by atoms with E-state index in [0.29, 0.717) is 31.6 Å². The summed E-state index contributed by atoms with van der Waals surface area (Å²) in [5.74, 6) is 0.157. The molecule has 4 fully saturated rings. The standard InChI is InChI=1S/C37H57N5O5S2/c1-20-9-28(43)21(2)25-10-23(17-48-49-18-24(14-34(20,3)4)42-8-7-40-19-42)37(47)27-12-29(44)26-11-30(45)31(46)15-35(26,5)32(27)22(13-36(25,37)6)16-41-33(38)39/h7-8,12,19,21-26,28,30-32,43,45-47H,1,9-11,13-18H2,2-6H3,(H4,38,39,41)/t21-,22+,23+,24-,25+,26-,28+,30+,31-,32-,35-,36+,37+/m0/s1. The third-order valence-electron chi connectivity index (χ3n) is 13.9. The quantitative estimate of drug-likeness (QED) is 0.115. The lowest BCUT2D eigenvalue weighted by molar-refractivity contribution is -0.168. The van der Waals surface area contributed by atoms with Crippen LogP contribution < -0.4 is 11.5 Å². The lowest BCUT2D eigenvalue weighted by atomic mass is 9.42. The number of allylic oxidation sites excluding steroid dienone is 1. The highest BCUT2D eigenvalue weighted by atomic mass is 33.1. The van der Waals surface area contributed by atoms with E-state index in [1.54, 1.807) is 16.9 Å². The first-order valence-corrected chi connectivity index (χ1v) is 20.4. The van der Waals surface area contributed by atoms with Gasteiger partial charge in [0.1, 0.15) is 0 Å². The molecular formula is C37H57N5O5S2. The van der Waals surface area contributed by atoms with E-state index >= 15 is 0 Å². The minimum Gasteiger partial charge on any atom is -0.393 e. The Bertz CT molecular complexity index is 1480. The molecule has 0 aromatic carbocycles. The molecule has 3 saturated carbocycles. The maximum Gasteiger partial charge on any atom is 0.185 e. The van der Waals surface area contributed by atoms with Crippen LogP contribution in [0.1, 0.15) is 79.2 Å². The molecule has 12 heteroatoms. The minimum absolute atomic E-state index is 0.0112. The summed E-state index contributed by atoms with van der Waals surface area (Å²) in [5, 5.41) is 47.2. The molecule has 0 unspecified atom stereocenters. The topological polar surface area (TPSA) is 180 Å². The van der Waals surface area contributed by atoms with Crippen molar-refractivity contribution in [3.8, 4) is 0 Å². The number of carbonyl (C=O) groups excluding carboxylic acids is 1. The largest absolute Gasteiger partial charge is 0.393 e. The Balaban J connectivity index is 1.45. The zero-order chi connectivity index (χ0) is 35.7. The fraction of sp³-hybridized carbons (Fsp3) is 0.757. The molecule has 1 aliphatic heterocycles. The summed E-state index contributed by atoms with van der Waals surface area (Å²) in [4.78, 5) is 22.9. The zero-order valence-corrected chi connectivity index (χ0v) is 31.3. The van der Waals surface area contributed by atoms with Crippen LogP contribution in [-0.4, -0.2) is 83.7 Å². The van der Waals surface area contributed by atoms with Crippen molar-refractivity contribution in [3.05, 3.63) is 42.5 Å². The molecular weight excluding hydrogens is 659 g/mol. The van der Waals surface area contributed by atoms with Crippen LogP contribution in [0.2, 0.25) is 0 Å². The van der Waals surface area contributed by atoms with Crippen molar-refractivity contribution < 1.29 is 25.2 Å². The molecule has 1 saturated heterocycles. The van der Waals surface area contributed by atoms with Gasteiger partial charge in [0.2, 0.25) is 0 Å². The van der Waals surface area contributed by atoms with Crippen LogP contribution in [0.3, 0.4) is 0 Å². The molecule has 49 heavy (non-hydrogen) atoms. The molecule has 13 atom stereocenters. The Morgan fingerprint density at radius 2 is 1.78 bits per heavy atom. The fourth-order valence-electron chi connectivity index (χ4n) is 11.1. The summed E-state index contributed by atoms with van der Waals surface area (Å²) in [7, 11) is 3.58. The second kappa shape index (κ2) is 13.3. The minimum atomic E-state index is -1.33. The van der Waals surface area contributed by atoms with Crippen molar-refractivity contribution >= 4 is 33.3 Å². The van der Waals surface area contributed by atoms with Crippen molar-refractivity contribution in [1.82, 2.24) is 9.55 Å². The van der Waals surface area contributed by atoms with Gasteiger partial charge in [0.05, 0.1) is 30.2 Å². The van der Waals surface area contributed by atoms with Crippen LogP contribution in [0, 0.1) is 51.8 Å². The Hall–Kier alpha value is -1.83. The lowest BCUT2D eigenvalue weighted by Gasteiger charge is -2.63. The van der Waals surface area contributed by atoms with E-state index < -0.39 is 40.7 Å². The van der Waals surface area contributed by atoms with Crippen molar-refractivity contribution in [2.75, 3.05) is 18.1 Å². The van der Waals surface area contributed by atoms with E-state index in [0.717, 1.165) is 23.3 Å². The van der Waals surface area contributed by atoms with Gasteiger partial charge in [-0.25, -0.2) is 4.98 Å². The van der Waals surface area contributed by atoms with E-state index in [9.17, 15) is 25.2 Å². The number of ketones is 1. The Morgan fingerprint density at radius 1 is 1.06 bits per heavy atom. The first kappa shape index (κ1) is 36.9. The number of carbonyl (C=O) groups is 1. The Kier molecular flexibility index (Phi) is 10.0. The number of nitrogens with two attached hydrogens (primary N) is 2. The number of hydrogen-bond acceptors (Lipinski definition) is 9. The predicted octanol–water partition coefficient (Wildman–Crippen LogP) is 4.11. The molecule has 4 aliphatic carbocycles. The number of imidazole rings is 1. The van der Waals surface area contributed by atoms with Crippen LogP contribution in [0.4, 0.5) is 0 Å². The first-order chi connectivity index (χ1) is 22.9. The molecule has 0 radical (unpaired) electrons. The maximum atomic E-state index is 14.1. The third kappa shape index (κ3) is 6.14. The van der Waals surface area contributed by atoms with Gasteiger partial charge in [-0.2, -0.15) is 0 Å². The van der Waals surface area contributed by atoms with Crippen molar-refractivity contribution in [2.24, 2.45) is 68.2 Å². The van der Waals surface area contributed by atoms with Crippen LogP contribution in [-0.2, 0) is 4.79 Å². The summed E-state index contributed by atoms with van der Waals surface area (Å²) >= 11 is 0. The molecule has 8 N–H and O–H groups in total. The number of rotatable bonds is 3. The zero-order valence-electron chi connectivity index (χ0n) is 29.7. The van der Waals surface area contributed by atoms with Gasteiger partial charge >= 0.3 is 0 Å². The molecule has 0 spiro atoms.